The number of nitrogens with zero attached hydrogens (tertiary/aromatic N) is 3. The first-order valence-corrected chi connectivity index (χ1v) is 12.9. The summed E-state index contributed by atoms with van der Waals surface area (Å²) in [6.45, 7) is 4.13. The number of hydrogen-bond acceptors (Lipinski definition) is 5. The third kappa shape index (κ3) is 6.15. The van der Waals surface area contributed by atoms with Crippen molar-refractivity contribution in [1.82, 2.24) is 19.8 Å². The number of imidazole rings is 1. The van der Waals surface area contributed by atoms with Crippen molar-refractivity contribution >= 4 is 17.5 Å². The van der Waals surface area contributed by atoms with E-state index in [-0.39, 0.29) is 41.1 Å². The summed E-state index contributed by atoms with van der Waals surface area (Å²) >= 11 is 0. The number of amides is 2. The van der Waals surface area contributed by atoms with Crippen LogP contribution in [0.25, 0.3) is 11.3 Å². The number of aromatic nitrogens is 2. The van der Waals surface area contributed by atoms with Crippen molar-refractivity contribution in [2.45, 2.75) is 38.5 Å². The van der Waals surface area contributed by atoms with Crippen LogP contribution in [0, 0.1) is 6.92 Å². The van der Waals surface area contributed by atoms with Gasteiger partial charge in [0, 0.05) is 49.5 Å². The highest BCUT2D eigenvalue weighted by Crippen LogP contribution is 2.35. The third-order valence-corrected chi connectivity index (χ3v) is 7.05. The number of ether oxygens (including phenoxy) is 1. The van der Waals surface area contributed by atoms with Gasteiger partial charge in [-0.2, -0.15) is 13.2 Å². The highest BCUT2D eigenvalue weighted by Gasteiger charge is 2.34. The maximum atomic E-state index is 13.9. The summed E-state index contributed by atoms with van der Waals surface area (Å²) in [4.78, 5) is 31.8. The highest BCUT2D eigenvalue weighted by molar-refractivity contribution is 6.05. The molecule has 5 rings (SSSR count). The molecule has 1 saturated heterocycles. The summed E-state index contributed by atoms with van der Waals surface area (Å²) in [5, 5.41) is 5.52. The summed E-state index contributed by atoms with van der Waals surface area (Å²) in [5.74, 6) is -0.530. The van der Waals surface area contributed by atoms with Crippen molar-refractivity contribution in [3.05, 3.63) is 70.7 Å². The van der Waals surface area contributed by atoms with Gasteiger partial charge in [-0.15, -0.1) is 0 Å². The SMILES string of the molecule is Cc1ccc(C(=O)Nc2ccc(CN3CCOCC3)c(C(F)(F)F)c2)cc1-c1cnc(C(=O)NC2CC2)n1C. The van der Waals surface area contributed by atoms with Gasteiger partial charge in [-0.05, 0) is 55.2 Å². The zero-order valence-corrected chi connectivity index (χ0v) is 21.8. The molecule has 2 heterocycles. The predicted octanol–water partition coefficient (Wildman–Crippen LogP) is 4.39. The van der Waals surface area contributed by atoms with Crippen LogP contribution in [0.2, 0.25) is 0 Å². The largest absolute Gasteiger partial charge is 0.416 e. The van der Waals surface area contributed by atoms with Crippen molar-refractivity contribution in [3.63, 3.8) is 0 Å². The number of carbonyl (C=O) groups is 2. The Hall–Kier alpha value is -3.70. The van der Waals surface area contributed by atoms with E-state index in [2.05, 4.69) is 15.6 Å². The Balaban J connectivity index is 1.36. The van der Waals surface area contributed by atoms with Crippen LogP contribution in [0.1, 0.15) is 50.5 Å². The van der Waals surface area contributed by atoms with Gasteiger partial charge in [0.25, 0.3) is 11.8 Å². The molecule has 2 fully saturated rings. The van der Waals surface area contributed by atoms with Crippen LogP contribution < -0.4 is 10.6 Å². The maximum absolute atomic E-state index is 13.9. The minimum atomic E-state index is -4.57. The lowest BCUT2D eigenvalue weighted by Crippen LogP contribution is -2.36. The molecule has 2 N–H and O–H groups in total. The van der Waals surface area contributed by atoms with Gasteiger partial charge in [-0.25, -0.2) is 4.98 Å². The lowest BCUT2D eigenvalue weighted by atomic mass is 10.0. The van der Waals surface area contributed by atoms with E-state index in [1.165, 1.54) is 12.1 Å². The first kappa shape index (κ1) is 26.9. The summed E-state index contributed by atoms with van der Waals surface area (Å²) in [6.07, 6.45) is -1.07. The number of rotatable bonds is 7. The minimum Gasteiger partial charge on any atom is -0.379 e. The molecule has 39 heavy (non-hydrogen) atoms. The fourth-order valence-corrected chi connectivity index (χ4v) is 4.65. The number of hydrogen-bond donors (Lipinski definition) is 2. The second-order valence-corrected chi connectivity index (χ2v) is 10.0. The predicted molar refractivity (Wildman–Crippen MR) is 139 cm³/mol. The molecular formula is C28H30F3N5O3. The average Bonchev–Trinajstić information content (AvgIpc) is 3.63. The molecule has 8 nitrogen and oxygen atoms in total. The number of alkyl halides is 3. The van der Waals surface area contributed by atoms with Crippen LogP contribution in [0.3, 0.4) is 0 Å². The van der Waals surface area contributed by atoms with Gasteiger partial charge in [0.1, 0.15) is 0 Å². The molecule has 1 aromatic heterocycles. The molecule has 1 saturated carbocycles. The van der Waals surface area contributed by atoms with E-state index in [0.717, 1.165) is 24.5 Å². The van der Waals surface area contributed by atoms with Gasteiger partial charge in [-0.1, -0.05) is 12.1 Å². The summed E-state index contributed by atoms with van der Waals surface area (Å²) in [5.41, 5.74) is 1.90. The summed E-state index contributed by atoms with van der Waals surface area (Å²) in [7, 11) is 1.73. The van der Waals surface area contributed by atoms with Crippen molar-refractivity contribution in [2.24, 2.45) is 7.05 Å². The Morgan fingerprint density at radius 1 is 1.08 bits per heavy atom. The Morgan fingerprint density at radius 3 is 2.51 bits per heavy atom. The molecule has 2 aliphatic rings. The Bertz CT molecular complexity index is 1390. The molecule has 1 aliphatic heterocycles. The lowest BCUT2D eigenvalue weighted by Gasteiger charge is -2.27. The third-order valence-electron chi connectivity index (χ3n) is 7.05. The normalized spacial score (nSPS) is 16.2. The first-order valence-electron chi connectivity index (χ1n) is 12.9. The molecule has 0 bridgehead atoms. The van der Waals surface area contributed by atoms with Gasteiger partial charge >= 0.3 is 6.18 Å². The van der Waals surface area contributed by atoms with E-state index >= 15 is 0 Å². The van der Waals surface area contributed by atoms with E-state index in [1.54, 1.807) is 36.0 Å². The van der Waals surface area contributed by atoms with E-state index in [1.807, 2.05) is 11.8 Å². The number of nitrogens with one attached hydrogen (secondary N) is 2. The van der Waals surface area contributed by atoms with E-state index in [4.69, 9.17) is 4.74 Å². The zero-order valence-electron chi connectivity index (χ0n) is 21.8. The van der Waals surface area contributed by atoms with E-state index < -0.39 is 17.6 Å². The number of halogens is 3. The maximum Gasteiger partial charge on any atom is 0.416 e. The second kappa shape index (κ2) is 10.8. The number of carbonyl (C=O) groups excluding carboxylic acids is 2. The van der Waals surface area contributed by atoms with Gasteiger partial charge in [0.15, 0.2) is 5.82 Å². The Kier molecular flexibility index (Phi) is 7.46. The van der Waals surface area contributed by atoms with E-state index in [9.17, 15) is 22.8 Å². The van der Waals surface area contributed by atoms with Crippen molar-refractivity contribution in [1.29, 1.82) is 0 Å². The zero-order chi connectivity index (χ0) is 27.7. The molecule has 206 valence electrons. The van der Waals surface area contributed by atoms with Crippen LogP contribution in [0.5, 0.6) is 0 Å². The number of benzene rings is 2. The molecule has 0 radical (unpaired) electrons. The van der Waals surface area contributed by atoms with Crippen LogP contribution in [-0.2, 0) is 24.5 Å². The Morgan fingerprint density at radius 2 is 1.82 bits per heavy atom. The van der Waals surface area contributed by atoms with Crippen LogP contribution in [-0.4, -0.2) is 58.6 Å². The fraction of sp³-hybridized carbons (Fsp3) is 0.393. The quantitative estimate of drug-likeness (QED) is 0.463. The molecule has 3 aromatic rings. The Labute approximate surface area is 224 Å². The molecule has 2 amide bonds. The first-order chi connectivity index (χ1) is 18.6. The van der Waals surface area contributed by atoms with Crippen LogP contribution in [0.4, 0.5) is 18.9 Å². The topological polar surface area (TPSA) is 88.5 Å². The molecule has 1 aliphatic carbocycles. The van der Waals surface area contributed by atoms with Crippen molar-refractivity contribution in [2.75, 3.05) is 31.6 Å². The fourth-order valence-electron chi connectivity index (χ4n) is 4.65. The number of anilines is 1. The van der Waals surface area contributed by atoms with Crippen LogP contribution >= 0.6 is 0 Å². The number of aryl methyl sites for hydroxylation is 1. The highest BCUT2D eigenvalue weighted by atomic mass is 19.4. The lowest BCUT2D eigenvalue weighted by molar-refractivity contribution is -0.138. The minimum absolute atomic E-state index is 0.0553. The average molecular weight is 542 g/mol. The van der Waals surface area contributed by atoms with Crippen molar-refractivity contribution in [3.8, 4) is 11.3 Å². The molecule has 0 atom stereocenters. The van der Waals surface area contributed by atoms with E-state index in [0.29, 0.717) is 37.6 Å². The summed E-state index contributed by atoms with van der Waals surface area (Å²) in [6, 6.07) is 9.10. The molecule has 0 spiro atoms. The number of morpholine rings is 1. The van der Waals surface area contributed by atoms with Crippen LogP contribution in [0.15, 0.2) is 42.6 Å². The molecule has 0 unspecified atom stereocenters. The van der Waals surface area contributed by atoms with Gasteiger partial charge in [0.2, 0.25) is 0 Å². The summed E-state index contributed by atoms with van der Waals surface area (Å²) < 4.78 is 48.7. The molecule has 11 heteroatoms. The smallest absolute Gasteiger partial charge is 0.379 e. The van der Waals surface area contributed by atoms with Gasteiger partial charge in [-0.3, -0.25) is 14.5 Å². The standard InChI is InChI=1S/C28H30F3N5O3/c1-17-3-4-18(13-22(17)24-15-32-25(35(24)2)27(38)33-20-7-8-20)26(37)34-21-6-5-19(23(14-21)28(29,30)31)16-36-9-11-39-12-10-36/h3-6,13-15,20H,7-12,16H2,1-2H3,(H,33,38)(H,34,37). The second-order valence-electron chi connectivity index (χ2n) is 10.0. The molecular weight excluding hydrogens is 511 g/mol. The van der Waals surface area contributed by atoms with Gasteiger partial charge in [0.05, 0.1) is 30.7 Å². The van der Waals surface area contributed by atoms with Crippen molar-refractivity contribution < 1.29 is 27.5 Å². The van der Waals surface area contributed by atoms with Gasteiger partial charge < -0.3 is 19.9 Å². The molecule has 2 aromatic carbocycles. The monoisotopic (exact) mass is 541 g/mol.